The van der Waals surface area contributed by atoms with Crippen LogP contribution in [0.4, 0.5) is 5.00 Å². The number of carbonyl (C=O) groups excluding carboxylic acids is 1. The average molecular weight is 362 g/mol. The number of benzene rings is 2. The van der Waals surface area contributed by atoms with Crippen molar-refractivity contribution in [2.75, 3.05) is 12.4 Å². The van der Waals surface area contributed by atoms with Crippen molar-refractivity contribution in [2.45, 2.75) is 25.7 Å². The minimum absolute atomic E-state index is 0.248. The van der Waals surface area contributed by atoms with Gasteiger partial charge in [0.2, 0.25) is 0 Å². The third kappa shape index (κ3) is 2.83. The second kappa shape index (κ2) is 6.81. The lowest BCUT2D eigenvalue weighted by atomic mass is 9.96. The molecule has 1 N–H and O–H groups in total. The maximum Gasteiger partial charge on any atom is 0.260 e. The van der Waals surface area contributed by atoms with Gasteiger partial charge in [-0.25, -0.2) is 0 Å². The fraction of sp³-hybridized carbons (Fsp3) is 0.238. The number of nitrogens with zero attached hydrogens (tertiary/aromatic N) is 1. The molecule has 0 saturated carbocycles. The zero-order valence-electron chi connectivity index (χ0n) is 14.5. The zero-order valence-corrected chi connectivity index (χ0v) is 15.3. The van der Waals surface area contributed by atoms with Crippen LogP contribution in [0.15, 0.2) is 36.4 Å². The summed E-state index contributed by atoms with van der Waals surface area (Å²) in [7, 11) is 1.56. The third-order valence-corrected chi connectivity index (χ3v) is 6.03. The van der Waals surface area contributed by atoms with Gasteiger partial charge in [0.1, 0.15) is 16.8 Å². The molecule has 130 valence electrons. The quantitative estimate of drug-likeness (QED) is 0.720. The molecule has 0 atom stereocenters. The van der Waals surface area contributed by atoms with E-state index in [9.17, 15) is 10.1 Å². The molecule has 2 aromatic carbocycles. The summed E-state index contributed by atoms with van der Waals surface area (Å²) in [6.45, 7) is 0. The molecule has 1 aliphatic rings. The topological polar surface area (TPSA) is 62.1 Å². The van der Waals surface area contributed by atoms with Crippen molar-refractivity contribution in [2.24, 2.45) is 0 Å². The van der Waals surface area contributed by atoms with Gasteiger partial charge in [0, 0.05) is 4.88 Å². The van der Waals surface area contributed by atoms with Crippen LogP contribution in [0.25, 0.3) is 10.8 Å². The van der Waals surface area contributed by atoms with E-state index in [1.807, 2.05) is 36.4 Å². The molecule has 0 aliphatic heterocycles. The Morgan fingerprint density at radius 2 is 1.92 bits per heavy atom. The van der Waals surface area contributed by atoms with E-state index in [0.717, 1.165) is 42.0 Å². The molecule has 4 nitrogen and oxygen atoms in total. The molecular formula is C21H18N2O2S. The molecule has 0 fully saturated rings. The highest BCUT2D eigenvalue weighted by molar-refractivity contribution is 7.16. The number of thiophene rings is 1. The molecule has 5 heteroatoms. The van der Waals surface area contributed by atoms with Crippen molar-refractivity contribution in [3.63, 3.8) is 0 Å². The molecule has 0 spiro atoms. The average Bonchev–Trinajstić information content (AvgIpc) is 3.03. The van der Waals surface area contributed by atoms with Gasteiger partial charge in [0.15, 0.2) is 0 Å². The number of amides is 1. The van der Waals surface area contributed by atoms with Crippen molar-refractivity contribution in [3.05, 3.63) is 58.0 Å². The van der Waals surface area contributed by atoms with E-state index in [2.05, 4.69) is 11.4 Å². The number of fused-ring (bicyclic) bond motifs is 2. The maximum absolute atomic E-state index is 12.9. The Balaban J connectivity index is 1.72. The molecule has 0 bridgehead atoms. The zero-order chi connectivity index (χ0) is 18.1. The highest BCUT2D eigenvalue weighted by atomic mass is 32.1. The number of ether oxygens (including phenoxy) is 1. The second-order valence-electron chi connectivity index (χ2n) is 6.38. The van der Waals surface area contributed by atoms with Crippen LogP contribution in [0.1, 0.15) is 39.2 Å². The molecule has 3 aromatic rings. The van der Waals surface area contributed by atoms with Crippen LogP contribution < -0.4 is 10.1 Å². The maximum atomic E-state index is 12.9. The fourth-order valence-electron chi connectivity index (χ4n) is 3.51. The summed E-state index contributed by atoms with van der Waals surface area (Å²) in [6.07, 6.45) is 4.16. The van der Waals surface area contributed by atoms with E-state index in [1.54, 1.807) is 7.11 Å². The van der Waals surface area contributed by atoms with E-state index < -0.39 is 0 Å². The highest BCUT2D eigenvalue weighted by Gasteiger charge is 2.23. The first-order valence-corrected chi connectivity index (χ1v) is 9.45. The minimum atomic E-state index is -0.248. The van der Waals surface area contributed by atoms with Crippen molar-refractivity contribution in [1.82, 2.24) is 0 Å². The predicted molar refractivity (Wildman–Crippen MR) is 104 cm³/mol. The number of aryl methyl sites for hydroxylation is 1. The largest absolute Gasteiger partial charge is 0.496 e. The number of rotatable bonds is 3. The summed E-state index contributed by atoms with van der Waals surface area (Å²) in [4.78, 5) is 14.2. The van der Waals surface area contributed by atoms with Crippen molar-refractivity contribution < 1.29 is 9.53 Å². The summed E-state index contributed by atoms with van der Waals surface area (Å²) in [5.74, 6) is 0.281. The van der Waals surface area contributed by atoms with Gasteiger partial charge in [-0.2, -0.15) is 5.26 Å². The Labute approximate surface area is 156 Å². The first-order valence-electron chi connectivity index (χ1n) is 8.64. The normalized spacial score (nSPS) is 13.1. The number of anilines is 1. The monoisotopic (exact) mass is 362 g/mol. The first-order chi connectivity index (χ1) is 12.7. The molecule has 0 unspecified atom stereocenters. The molecule has 0 saturated heterocycles. The Morgan fingerprint density at radius 1 is 1.19 bits per heavy atom. The molecular weight excluding hydrogens is 344 g/mol. The van der Waals surface area contributed by atoms with Gasteiger partial charge in [0.05, 0.1) is 18.2 Å². The smallest absolute Gasteiger partial charge is 0.260 e. The molecule has 4 rings (SSSR count). The first kappa shape index (κ1) is 16.6. The number of hydrogen-bond donors (Lipinski definition) is 1. The fourth-order valence-corrected chi connectivity index (χ4v) is 4.74. The summed E-state index contributed by atoms with van der Waals surface area (Å²) in [5, 5.41) is 15.2. The predicted octanol–water partition coefficient (Wildman–Crippen LogP) is 4.91. The van der Waals surface area contributed by atoms with E-state index in [1.165, 1.54) is 16.2 Å². The third-order valence-electron chi connectivity index (χ3n) is 4.82. The number of methoxy groups -OCH3 is 1. The second-order valence-corrected chi connectivity index (χ2v) is 7.49. The minimum Gasteiger partial charge on any atom is -0.496 e. The highest BCUT2D eigenvalue weighted by Crippen LogP contribution is 2.38. The van der Waals surface area contributed by atoms with E-state index in [0.29, 0.717) is 21.9 Å². The lowest BCUT2D eigenvalue weighted by Gasteiger charge is -2.11. The summed E-state index contributed by atoms with van der Waals surface area (Å²) in [6, 6.07) is 13.8. The molecule has 1 heterocycles. The van der Waals surface area contributed by atoms with E-state index >= 15 is 0 Å². The van der Waals surface area contributed by atoms with E-state index in [-0.39, 0.29) is 5.91 Å². The van der Waals surface area contributed by atoms with Gasteiger partial charge in [-0.05, 0) is 54.2 Å². The van der Waals surface area contributed by atoms with E-state index in [4.69, 9.17) is 4.74 Å². The SMILES string of the molecule is COc1cc2ccccc2cc1C(=O)Nc1sc2c(c1C#N)CCCC2. The molecule has 26 heavy (non-hydrogen) atoms. The molecule has 1 aromatic heterocycles. The number of nitrogens with one attached hydrogen (secondary N) is 1. The van der Waals surface area contributed by atoms with Gasteiger partial charge >= 0.3 is 0 Å². The van der Waals surface area contributed by atoms with Gasteiger partial charge in [-0.1, -0.05) is 24.3 Å². The Kier molecular flexibility index (Phi) is 4.36. The van der Waals surface area contributed by atoms with Crippen LogP contribution in [0.3, 0.4) is 0 Å². The molecule has 1 aliphatic carbocycles. The molecule has 0 radical (unpaired) electrons. The lowest BCUT2D eigenvalue weighted by Crippen LogP contribution is -2.13. The number of nitriles is 1. The van der Waals surface area contributed by atoms with Crippen LogP contribution >= 0.6 is 11.3 Å². The van der Waals surface area contributed by atoms with Crippen LogP contribution in [-0.2, 0) is 12.8 Å². The van der Waals surface area contributed by atoms with Crippen LogP contribution in [-0.4, -0.2) is 13.0 Å². The van der Waals surface area contributed by atoms with Gasteiger partial charge in [-0.15, -0.1) is 11.3 Å². The van der Waals surface area contributed by atoms with Gasteiger partial charge < -0.3 is 10.1 Å². The Bertz CT molecular complexity index is 1050. The standard InChI is InChI=1S/C21H18N2O2S/c1-25-18-11-14-7-3-2-6-13(14)10-16(18)20(24)23-21-17(12-22)15-8-4-5-9-19(15)26-21/h2-3,6-7,10-11H,4-5,8-9H2,1H3,(H,23,24). The van der Waals surface area contributed by atoms with Crippen molar-refractivity contribution in [1.29, 1.82) is 5.26 Å². The lowest BCUT2D eigenvalue weighted by molar-refractivity contribution is 0.102. The van der Waals surface area contributed by atoms with Crippen molar-refractivity contribution in [3.8, 4) is 11.8 Å². The Hall–Kier alpha value is -2.84. The summed E-state index contributed by atoms with van der Waals surface area (Å²) < 4.78 is 5.43. The summed E-state index contributed by atoms with van der Waals surface area (Å²) >= 11 is 1.53. The number of carbonyl (C=O) groups is 1. The van der Waals surface area contributed by atoms with Crippen molar-refractivity contribution >= 4 is 33.0 Å². The van der Waals surface area contributed by atoms with Crippen LogP contribution in [0.2, 0.25) is 0 Å². The Morgan fingerprint density at radius 3 is 2.65 bits per heavy atom. The van der Waals surface area contributed by atoms with Crippen LogP contribution in [0, 0.1) is 11.3 Å². The van der Waals surface area contributed by atoms with Crippen LogP contribution in [0.5, 0.6) is 5.75 Å². The molecule has 1 amide bonds. The van der Waals surface area contributed by atoms with Gasteiger partial charge in [0.25, 0.3) is 5.91 Å². The summed E-state index contributed by atoms with van der Waals surface area (Å²) in [5.41, 5.74) is 2.21. The number of hydrogen-bond acceptors (Lipinski definition) is 4. The van der Waals surface area contributed by atoms with Gasteiger partial charge in [-0.3, -0.25) is 4.79 Å².